The minimum absolute atomic E-state index is 0.0888. The van der Waals surface area contributed by atoms with Crippen molar-refractivity contribution < 1.29 is 9.47 Å². The molecule has 1 fully saturated rings. The monoisotopic (exact) mass is 277 g/mol. The van der Waals surface area contributed by atoms with Crippen molar-refractivity contribution in [3.8, 4) is 11.5 Å². The second-order valence-corrected chi connectivity index (χ2v) is 6.64. The maximum Gasteiger partial charge on any atom is 0.161 e. The molecule has 1 aromatic carbocycles. The van der Waals surface area contributed by atoms with E-state index >= 15 is 0 Å². The Hall–Kier alpha value is -1.22. The summed E-state index contributed by atoms with van der Waals surface area (Å²) < 4.78 is 10.6. The Morgan fingerprint density at radius 2 is 1.70 bits per heavy atom. The zero-order valence-corrected chi connectivity index (χ0v) is 13.1. The Morgan fingerprint density at radius 3 is 2.25 bits per heavy atom. The minimum atomic E-state index is 0.0888. The Balaban J connectivity index is 2.11. The first-order valence-corrected chi connectivity index (χ1v) is 7.44. The summed E-state index contributed by atoms with van der Waals surface area (Å²) in [5, 5.41) is 0. The first kappa shape index (κ1) is 15.2. The third-order valence-electron chi connectivity index (χ3n) is 4.68. The highest BCUT2D eigenvalue weighted by molar-refractivity contribution is 5.43. The molecule has 0 spiro atoms. The van der Waals surface area contributed by atoms with Crippen molar-refractivity contribution in [2.24, 2.45) is 17.1 Å². The van der Waals surface area contributed by atoms with Gasteiger partial charge in [-0.1, -0.05) is 19.9 Å². The second-order valence-electron chi connectivity index (χ2n) is 6.64. The molecule has 1 aromatic rings. The Morgan fingerprint density at radius 1 is 1.10 bits per heavy atom. The normalized spacial score (nSPS) is 20.4. The lowest BCUT2D eigenvalue weighted by Gasteiger charge is -2.37. The van der Waals surface area contributed by atoms with Crippen LogP contribution in [0.5, 0.6) is 11.5 Å². The summed E-state index contributed by atoms with van der Waals surface area (Å²) >= 11 is 0. The van der Waals surface area contributed by atoms with Gasteiger partial charge in [-0.15, -0.1) is 0 Å². The molecule has 0 aliphatic heterocycles. The molecule has 20 heavy (non-hydrogen) atoms. The summed E-state index contributed by atoms with van der Waals surface area (Å²) in [6.07, 6.45) is 4.95. The molecule has 1 atom stereocenters. The molecule has 0 bridgehead atoms. The van der Waals surface area contributed by atoms with Gasteiger partial charge in [0, 0.05) is 6.04 Å². The Bertz CT molecular complexity index is 446. The Labute approximate surface area is 122 Å². The SMILES string of the molecule is COc1ccc(C(N)C2CCC(C)(C)CC2)cc1OC. The number of nitrogens with two attached hydrogens (primary N) is 1. The molecule has 1 saturated carbocycles. The smallest absolute Gasteiger partial charge is 0.161 e. The molecule has 3 heteroatoms. The van der Waals surface area contributed by atoms with E-state index < -0.39 is 0 Å². The molecule has 0 aromatic heterocycles. The maximum absolute atomic E-state index is 6.48. The summed E-state index contributed by atoms with van der Waals surface area (Å²) in [5.41, 5.74) is 8.10. The lowest BCUT2D eigenvalue weighted by atomic mass is 9.70. The zero-order valence-electron chi connectivity index (χ0n) is 13.1. The molecule has 1 aliphatic rings. The number of ether oxygens (including phenoxy) is 2. The van der Waals surface area contributed by atoms with Crippen LogP contribution in [0.15, 0.2) is 18.2 Å². The highest BCUT2D eigenvalue weighted by Gasteiger charge is 2.30. The van der Waals surface area contributed by atoms with Crippen LogP contribution in [0.3, 0.4) is 0 Å². The van der Waals surface area contributed by atoms with E-state index in [4.69, 9.17) is 15.2 Å². The van der Waals surface area contributed by atoms with Crippen molar-refractivity contribution in [1.29, 1.82) is 0 Å². The summed E-state index contributed by atoms with van der Waals surface area (Å²) in [7, 11) is 3.32. The van der Waals surface area contributed by atoms with Gasteiger partial charge in [0.15, 0.2) is 11.5 Å². The number of methoxy groups -OCH3 is 2. The molecule has 2 rings (SSSR count). The summed E-state index contributed by atoms with van der Waals surface area (Å²) in [5.74, 6) is 2.09. The van der Waals surface area contributed by atoms with Gasteiger partial charge in [-0.3, -0.25) is 0 Å². The van der Waals surface area contributed by atoms with Crippen LogP contribution in [0.1, 0.15) is 51.1 Å². The van der Waals surface area contributed by atoms with Crippen LogP contribution in [0.2, 0.25) is 0 Å². The third kappa shape index (κ3) is 3.26. The van der Waals surface area contributed by atoms with Crippen molar-refractivity contribution >= 4 is 0 Å². The quantitative estimate of drug-likeness (QED) is 0.907. The van der Waals surface area contributed by atoms with Gasteiger partial charge < -0.3 is 15.2 Å². The number of hydrogen-bond acceptors (Lipinski definition) is 3. The fourth-order valence-corrected chi connectivity index (χ4v) is 3.11. The molecule has 0 saturated heterocycles. The average Bonchev–Trinajstić information content (AvgIpc) is 2.45. The van der Waals surface area contributed by atoms with Crippen LogP contribution in [0.25, 0.3) is 0 Å². The van der Waals surface area contributed by atoms with Crippen LogP contribution in [0, 0.1) is 11.3 Å². The van der Waals surface area contributed by atoms with Crippen molar-refractivity contribution in [3.05, 3.63) is 23.8 Å². The van der Waals surface area contributed by atoms with Gasteiger partial charge in [0.05, 0.1) is 14.2 Å². The van der Waals surface area contributed by atoms with E-state index in [0.29, 0.717) is 11.3 Å². The van der Waals surface area contributed by atoms with Crippen LogP contribution < -0.4 is 15.2 Å². The van der Waals surface area contributed by atoms with E-state index in [0.717, 1.165) is 17.1 Å². The summed E-state index contributed by atoms with van der Waals surface area (Å²) in [6.45, 7) is 4.70. The van der Waals surface area contributed by atoms with Crippen LogP contribution >= 0.6 is 0 Å². The van der Waals surface area contributed by atoms with Crippen molar-refractivity contribution in [2.75, 3.05) is 14.2 Å². The highest BCUT2D eigenvalue weighted by Crippen LogP contribution is 2.42. The van der Waals surface area contributed by atoms with Crippen molar-refractivity contribution in [1.82, 2.24) is 0 Å². The van der Waals surface area contributed by atoms with E-state index in [1.807, 2.05) is 12.1 Å². The van der Waals surface area contributed by atoms with E-state index in [1.54, 1.807) is 14.2 Å². The number of benzene rings is 1. The van der Waals surface area contributed by atoms with Gasteiger partial charge in [0.1, 0.15) is 0 Å². The highest BCUT2D eigenvalue weighted by atomic mass is 16.5. The average molecular weight is 277 g/mol. The largest absolute Gasteiger partial charge is 0.493 e. The molecule has 3 nitrogen and oxygen atoms in total. The molecular weight excluding hydrogens is 250 g/mol. The van der Waals surface area contributed by atoms with Gasteiger partial charge in [0.2, 0.25) is 0 Å². The van der Waals surface area contributed by atoms with Crippen molar-refractivity contribution in [2.45, 2.75) is 45.6 Å². The van der Waals surface area contributed by atoms with E-state index in [9.17, 15) is 0 Å². The van der Waals surface area contributed by atoms with Gasteiger partial charge in [0.25, 0.3) is 0 Å². The standard InChI is InChI=1S/C17H27NO2/c1-17(2)9-7-12(8-10-17)16(18)13-5-6-14(19-3)15(11-13)20-4/h5-6,11-12,16H,7-10,18H2,1-4H3. The van der Waals surface area contributed by atoms with Crippen LogP contribution in [-0.4, -0.2) is 14.2 Å². The zero-order chi connectivity index (χ0) is 14.8. The Kier molecular flexibility index (Phi) is 4.59. The molecule has 0 amide bonds. The summed E-state index contributed by atoms with van der Waals surface area (Å²) in [6, 6.07) is 6.11. The molecule has 0 heterocycles. The number of rotatable bonds is 4. The first-order chi connectivity index (χ1) is 9.46. The summed E-state index contributed by atoms with van der Waals surface area (Å²) in [4.78, 5) is 0. The third-order valence-corrected chi connectivity index (χ3v) is 4.68. The predicted octanol–water partition coefficient (Wildman–Crippen LogP) is 3.92. The van der Waals surface area contributed by atoms with E-state index in [2.05, 4.69) is 19.9 Å². The maximum atomic E-state index is 6.48. The lowest BCUT2D eigenvalue weighted by Crippen LogP contribution is -2.29. The first-order valence-electron chi connectivity index (χ1n) is 7.44. The van der Waals surface area contributed by atoms with Gasteiger partial charge >= 0.3 is 0 Å². The fourth-order valence-electron chi connectivity index (χ4n) is 3.11. The minimum Gasteiger partial charge on any atom is -0.493 e. The number of hydrogen-bond donors (Lipinski definition) is 1. The van der Waals surface area contributed by atoms with Crippen LogP contribution in [-0.2, 0) is 0 Å². The lowest BCUT2D eigenvalue weighted by molar-refractivity contribution is 0.173. The van der Waals surface area contributed by atoms with Gasteiger partial charge in [-0.2, -0.15) is 0 Å². The van der Waals surface area contributed by atoms with Crippen molar-refractivity contribution in [3.63, 3.8) is 0 Å². The molecule has 0 radical (unpaired) electrons. The topological polar surface area (TPSA) is 44.5 Å². The predicted molar refractivity (Wildman–Crippen MR) is 82.2 cm³/mol. The van der Waals surface area contributed by atoms with E-state index in [-0.39, 0.29) is 6.04 Å². The van der Waals surface area contributed by atoms with Gasteiger partial charge in [-0.05, 0) is 54.7 Å². The second kappa shape index (κ2) is 6.04. The molecular formula is C17H27NO2. The molecule has 1 aliphatic carbocycles. The molecule has 1 unspecified atom stereocenters. The van der Waals surface area contributed by atoms with Gasteiger partial charge in [-0.25, -0.2) is 0 Å². The fraction of sp³-hybridized carbons (Fsp3) is 0.647. The van der Waals surface area contributed by atoms with E-state index in [1.165, 1.54) is 25.7 Å². The molecule has 112 valence electrons. The molecule has 2 N–H and O–H groups in total. The van der Waals surface area contributed by atoms with Crippen LogP contribution in [0.4, 0.5) is 0 Å².